The Kier molecular flexibility index (Phi) is 7.17. The minimum Gasteiger partial charge on any atom is -0.449 e. The summed E-state index contributed by atoms with van der Waals surface area (Å²) in [5, 5.41) is 8.79. The molecule has 34 heavy (non-hydrogen) atoms. The summed E-state index contributed by atoms with van der Waals surface area (Å²) in [5.41, 5.74) is 1.59. The minimum atomic E-state index is -0.669. The van der Waals surface area contributed by atoms with Crippen molar-refractivity contribution in [1.29, 1.82) is 0 Å². The standard InChI is InChI=1S/C26H37N3O5/c1-25(2,3)16-34-24(32)29-21(17-7-5-4-6-8-17)22(30)27-18-9-10-19-20(15-18)28-23(31)26(19)11-13-33-14-12-26/h9-10,15,17,21H,4-8,11-14,16H2,1-3H3,(H,27,30)(H,28,31)(H,29,32)/t21-/m0/s1. The predicted octanol–water partition coefficient (Wildman–Crippen LogP) is 4.35. The van der Waals surface area contributed by atoms with Gasteiger partial charge in [-0.2, -0.15) is 0 Å². The Labute approximate surface area is 201 Å². The monoisotopic (exact) mass is 471 g/mol. The summed E-state index contributed by atoms with van der Waals surface area (Å²) in [6.45, 7) is 7.36. The molecule has 3 aliphatic rings. The highest BCUT2D eigenvalue weighted by Gasteiger charge is 2.47. The van der Waals surface area contributed by atoms with Crippen molar-refractivity contribution in [2.24, 2.45) is 11.3 Å². The zero-order chi connectivity index (χ0) is 24.3. The molecule has 0 aromatic heterocycles. The number of rotatable bonds is 5. The van der Waals surface area contributed by atoms with Gasteiger partial charge in [0.15, 0.2) is 0 Å². The van der Waals surface area contributed by atoms with Crippen LogP contribution in [0.4, 0.5) is 16.2 Å². The summed E-state index contributed by atoms with van der Waals surface area (Å²) in [6.07, 6.45) is 5.77. The Morgan fingerprint density at radius 2 is 1.88 bits per heavy atom. The average Bonchev–Trinajstić information content (AvgIpc) is 3.06. The normalized spacial score (nSPS) is 20.9. The second kappa shape index (κ2) is 9.94. The summed E-state index contributed by atoms with van der Waals surface area (Å²) in [6, 6.07) is 4.90. The number of hydrogen-bond donors (Lipinski definition) is 3. The Morgan fingerprint density at radius 1 is 1.18 bits per heavy atom. The molecule has 1 saturated heterocycles. The summed E-state index contributed by atoms with van der Waals surface area (Å²) < 4.78 is 10.8. The Morgan fingerprint density at radius 3 is 2.56 bits per heavy atom. The number of carbonyl (C=O) groups excluding carboxylic acids is 3. The van der Waals surface area contributed by atoms with E-state index < -0.39 is 17.6 Å². The van der Waals surface area contributed by atoms with Gasteiger partial charge in [0.05, 0.1) is 12.0 Å². The molecule has 2 fully saturated rings. The second-order valence-electron chi connectivity index (χ2n) is 11.1. The zero-order valence-electron chi connectivity index (χ0n) is 20.5. The number of benzene rings is 1. The fraction of sp³-hybridized carbons (Fsp3) is 0.654. The van der Waals surface area contributed by atoms with Gasteiger partial charge < -0.3 is 25.4 Å². The average molecular weight is 472 g/mol. The van der Waals surface area contributed by atoms with Gasteiger partial charge in [0.1, 0.15) is 6.04 Å². The molecule has 0 unspecified atom stereocenters. The third kappa shape index (κ3) is 5.37. The van der Waals surface area contributed by atoms with Crippen LogP contribution in [0.3, 0.4) is 0 Å². The number of anilines is 2. The van der Waals surface area contributed by atoms with Crippen LogP contribution in [-0.4, -0.2) is 43.8 Å². The molecule has 0 bridgehead atoms. The van der Waals surface area contributed by atoms with Crippen LogP contribution in [0, 0.1) is 11.3 Å². The maximum atomic E-state index is 13.3. The fourth-order valence-electron chi connectivity index (χ4n) is 5.26. The molecule has 1 spiro atoms. The molecule has 3 N–H and O–H groups in total. The maximum Gasteiger partial charge on any atom is 0.407 e. The smallest absolute Gasteiger partial charge is 0.407 e. The molecule has 8 heteroatoms. The molecule has 3 amide bonds. The third-order valence-electron chi connectivity index (χ3n) is 7.15. The Balaban J connectivity index is 1.47. The zero-order valence-corrected chi connectivity index (χ0v) is 20.5. The topological polar surface area (TPSA) is 106 Å². The van der Waals surface area contributed by atoms with Gasteiger partial charge in [0.25, 0.3) is 0 Å². The first-order chi connectivity index (χ1) is 16.2. The number of nitrogens with one attached hydrogen (secondary N) is 3. The maximum absolute atomic E-state index is 13.3. The molecular weight excluding hydrogens is 434 g/mol. The highest BCUT2D eigenvalue weighted by atomic mass is 16.5. The number of fused-ring (bicyclic) bond motifs is 2. The summed E-state index contributed by atoms with van der Waals surface area (Å²) in [4.78, 5) is 38.6. The molecule has 1 saturated carbocycles. The lowest BCUT2D eigenvalue weighted by Gasteiger charge is -2.31. The van der Waals surface area contributed by atoms with Crippen LogP contribution in [-0.2, 0) is 24.5 Å². The van der Waals surface area contributed by atoms with Gasteiger partial charge in [0.2, 0.25) is 11.8 Å². The van der Waals surface area contributed by atoms with E-state index in [4.69, 9.17) is 9.47 Å². The van der Waals surface area contributed by atoms with Gasteiger partial charge in [-0.15, -0.1) is 0 Å². The SMILES string of the molecule is CC(C)(C)COC(=O)N[C@H](C(=O)Nc1ccc2c(c1)NC(=O)C21CCOCC1)C1CCCCC1. The molecule has 8 nitrogen and oxygen atoms in total. The van der Waals surface area contributed by atoms with Gasteiger partial charge in [-0.25, -0.2) is 4.79 Å². The molecule has 1 atom stereocenters. The first-order valence-electron chi connectivity index (χ1n) is 12.5. The van der Waals surface area contributed by atoms with Crippen molar-refractivity contribution in [3.63, 3.8) is 0 Å². The molecule has 4 rings (SSSR count). The van der Waals surface area contributed by atoms with Crippen LogP contribution in [0.2, 0.25) is 0 Å². The van der Waals surface area contributed by atoms with E-state index in [0.717, 1.165) is 43.4 Å². The first-order valence-corrected chi connectivity index (χ1v) is 12.5. The lowest BCUT2D eigenvalue weighted by molar-refractivity contribution is -0.124. The van der Waals surface area contributed by atoms with Crippen molar-refractivity contribution >= 4 is 29.3 Å². The van der Waals surface area contributed by atoms with E-state index >= 15 is 0 Å². The molecule has 1 aromatic carbocycles. The van der Waals surface area contributed by atoms with Gasteiger partial charge in [0, 0.05) is 24.6 Å². The summed E-state index contributed by atoms with van der Waals surface area (Å²) in [5.74, 6) is -0.196. The number of carbonyl (C=O) groups is 3. The lowest BCUT2D eigenvalue weighted by atomic mass is 9.75. The summed E-state index contributed by atoms with van der Waals surface area (Å²) >= 11 is 0. The van der Waals surface area contributed by atoms with Gasteiger partial charge in [-0.1, -0.05) is 46.1 Å². The second-order valence-corrected chi connectivity index (χ2v) is 11.1. The van der Waals surface area contributed by atoms with Crippen molar-refractivity contribution in [3.05, 3.63) is 23.8 Å². The molecular formula is C26H37N3O5. The van der Waals surface area contributed by atoms with E-state index in [2.05, 4.69) is 16.0 Å². The molecule has 2 aliphatic heterocycles. The quantitative estimate of drug-likeness (QED) is 0.592. The first kappa shape index (κ1) is 24.5. The highest BCUT2D eigenvalue weighted by molar-refractivity contribution is 6.07. The van der Waals surface area contributed by atoms with Crippen LogP contribution >= 0.6 is 0 Å². The van der Waals surface area contributed by atoms with Crippen LogP contribution in [0.1, 0.15) is 71.3 Å². The third-order valence-corrected chi connectivity index (χ3v) is 7.15. The van der Waals surface area contributed by atoms with Gasteiger partial charge >= 0.3 is 6.09 Å². The largest absolute Gasteiger partial charge is 0.449 e. The number of alkyl carbamates (subject to hydrolysis) is 1. The van der Waals surface area contributed by atoms with E-state index in [1.165, 1.54) is 0 Å². The molecule has 1 aliphatic carbocycles. The van der Waals surface area contributed by atoms with E-state index in [9.17, 15) is 14.4 Å². The van der Waals surface area contributed by atoms with E-state index in [-0.39, 0.29) is 29.8 Å². The van der Waals surface area contributed by atoms with Crippen molar-refractivity contribution in [1.82, 2.24) is 5.32 Å². The Bertz CT molecular complexity index is 927. The van der Waals surface area contributed by atoms with Crippen LogP contribution in [0.15, 0.2) is 18.2 Å². The molecule has 1 aromatic rings. The van der Waals surface area contributed by atoms with E-state index in [0.29, 0.717) is 31.7 Å². The fourth-order valence-corrected chi connectivity index (χ4v) is 5.26. The van der Waals surface area contributed by atoms with Crippen molar-refractivity contribution in [2.75, 3.05) is 30.5 Å². The number of ether oxygens (including phenoxy) is 2. The van der Waals surface area contributed by atoms with Crippen molar-refractivity contribution in [2.45, 2.75) is 77.2 Å². The van der Waals surface area contributed by atoms with Crippen LogP contribution in [0.5, 0.6) is 0 Å². The van der Waals surface area contributed by atoms with E-state index in [1.807, 2.05) is 39.0 Å². The predicted molar refractivity (Wildman–Crippen MR) is 130 cm³/mol. The van der Waals surface area contributed by atoms with Gasteiger partial charge in [-0.05, 0) is 54.7 Å². The van der Waals surface area contributed by atoms with Crippen molar-refractivity contribution < 1.29 is 23.9 Å². The molecule has 186 valence electrons. The Hall–Kier alpha value is -2.61. The minimum absolute atomic E-state index is 0.00220. The highest BCUT2D eigenvalue weighted by Crippen LogP contribution is 2.45. The lowest BCUT2D eigenvalue weighted by Crippen LogP contribution is -2.49. The van der Waals surface area contributed by atoms with Crippen LogP contribution in [0.25, 0.3) is 0 Å². The van der Waals surface area contributed by atoms with Crippen molar-refractivity contribution in [3.8, 4) is 0 Å². The number of amides is 3. The number of hydrogen-bond acceptors (Lipinski definition) is 5. The van der Waals surface area contributed by atoms with E-state index in [1.54, 1.807) is 0 Å². The van der Waals surface area contributed by atoms with Gasteiger partial charge in [-0.3, -0.25) is 9.59 Å². The van der Waals surface area contributed by atoms with Crippen LogP contribution < -0.4 is 16.0 Å². The molecule has 2 heterocycles. The molecule has 0 radical (unpaired) electrons. The summed E-state index contributed by atoms with van der Waals surface area (Å²) in [7, 11) is 0.